The predicted octanol–water partition coefficient (Wildman–Crippen LogP) is 3.96. The molecule has 0 fully saturated rings. The Bertz CT molecular complexity index is 1150. The van der Waals surface area contributed by atoms with E-state index in [0.717, 1.165) is 21.0 Å². The molecule has 7 heteroatoms. The maximum absolute atomic E-state index is 11.8. The van der Waals surface area contributed by atoms with Crippen molar-refractivity contribution in [3.63, 3.8) is 0 Å². The molecule has 0 radical (unpaired) electrons. The average molecular weight is 351 g/mol. The van der Waals surface area contributed by atoms with Crippen LogP contribution in [0.25, 0.3) is 31.2 Å². The van der Waals surface area contributed by atoms with Gasteiger partial charge in [-0.25, -0.2) is 0 Å². The lowest BCUT2D eigenvalue weighted by molar-refractivity contribution is 0.479. The van der Waals surface area contributed by atoms with E-state index in [4.69, 9.17) is 5.26 Å². The Morgan fingerprint density at radius 3 is 2.79 bits per heavy atom. The molecule has 2 N–H and O–H groups in total. The van der Waals surface area contributed by atoms with Crippen LogP contribution in [0, 0.1) is 11.3 Å². The summed E-state index contributed by atoms with van der Waals surface area (Å²) < 4.78 is 0. The van der Waals surface area contributed by atoms with Crippen LogP contribution in [0.2, 0.25) is 0 Å². The van der Waals surface area contributed by atoms with Crippen LogP contribution in [0.3, 0.4) is 0 Å². The molecule has 116 valence electrons. The molecule has 0 spiro atoms. The summed E-state index contributed by atoms with van der Waals surface area (Å²) in [6.45, 7) is 0. The van der Waals surface area contributed by atoms with Gasteiger partial charge in [0.15, 0.2) is 5.56 Å². The lowest BCUT2D eigenvalue weighted by atomic mass is 10.1. The summed E-state index contributed by atoms with van der Waals surface area (Å²) in [5, 5.41) is 21.8. The average Bonchev–Trinajstić information content (AvgIpc) is 3.22. The Hall–Kier alpha value is -2.95. The van der Waals surface area contributed by atoms with E-state index >= 15 is 0 Å². The van der Waals surface area contributed by atoms with Gasteiger partial charge in [-0.15, -0.1) is 22.7 Å². The van der Waals surface area contributed by atoms with Gasteiger partial charge in [-0.3, -0.25) is 9.78 Å². The molecule has 0 amide bonds. The molecule has 4 heterocycles. The summed E-state index contributed by atoms with van der Waals surface area (Å²) in [6.07, 6.45) is 1.74. The first kappa shape index (κ1) is 14.6. The van der Waals surface area contributed by atoms with E-state index < -0.39 is 5.56 Å². The van der Waals surface area contributed by atoms with Gasteiger partial charge in [0.25, 0.3) is 5.56 Å². The number of rotatable bonds is 2. The first-order valence-electron chi connectivity index (χ1n) is 6.97. The molecule has 0 bridgehead atoms. The number of pyridine rings is 2. The molecule has 4 aromatic heterocycles. The Morgan fingerprint density at radius 1 is 1.21 bits per heavy atom. The molecule has 4 rings (SSSR count). The van der Waals surface area contributed by atoms with Gasteiger partial charge in [-0.1, -0.05) is 6.07 Å². The number of aromatic hydroxyl groups is 1. The molecule has 0 aromatic carbocycles. The third-order valence-corrected chi connectivity index (χ3v) is 5.66. The fourth-order valence-corrected chi connectivity index (χ4v) is 4.53. The van der Waals surface area contributed by atoms with Gasteiger partial charge in [0.05, 0.1) is 16.0 Å². The van der Waals surface area contributed by atoms with Crippen molar-refractivity contribution in [1.82, 2.24) is 9.97 Å². The first-order chi connectivity index (χ1) is 11.7. The van der Waals surface area contributed by atoms with Gasteiger partial charge in [0.2, 0.25) is 0 Å². The summed E-state index contributed by atoms with van der Waals surface area (Å²) in [6, 6.07) is 11.4. The number of nitriles is 1. The SMILES string of the molecule is N#Cc1c(O)c2c(-c3ccc(-c4ccccn4)s3)csc2[nH]c1=O. The van der Waals surface area contributed by atoms with Crippen LogP contribution in [-0.2, 0) is 0 Å². The normalized spacial score (nSPS) is 10.8. The van der Waals surface area contributed by atoms with Crippen LogP contribution in [0.15, 0.2) is 46.7 Å². The number of hydrogen-bond donors (Lipinski definition) is 2. The summed E-state index contributed by atoms with van der Waals surface area (Å²) in [5.41, 5.74) is 0.843. The minimum Gasteiger partial charge on any atom is -0.506 e. The second-order valence-electron chi connectivity index (χ2n) is 5.02. The highest BCUT2D eigenvalue weighted by Crippen LogP contribution is 2.42. The number of H-pyrrole nitrogens is 1. The Kier molecular flexibility index (Phi) is 3.41. The third-order valence-electron chi connectivity index (χ3n) is 3.62. The molecule has 0 unspecified atom stereocenters. The summed E-state index contributed by atoms with van der Waals surface area (Å²) in [5.74, 6) is -0.264. The molecule has 0 atom stereocenters. The van der Waals surface area contributed by atoms with Crippen LogP contribution in [0.1, 0.15) is 5.56 Å². The first-order valence-corrected chi connectivity index (χ1v) is 8.67. The molecule has 0 saturated carbocycles. The van der Waals surface area contributed by atoms with Crippen LogP contribution in [0.4, 0.5) is 0 Å². The Balaban J connectivity index is 1.91. The lowest BCUT2D eigenvalue weighted by Crippen LogP contribution is -2.09. The lowest BCUT2D eigenvalue weighted by Gasteiger charge is -2.01. The largest absolute Gasteiger partial charge is 0.506 e. The van der Waals surface area contributed by atoms with Crippen molar-refractivity contribution in [2.75, 3.05) is 0 Å². The number of nitrogens with one attached hydrogen (secondary N) is 1. The van der Waals surface area contributed by atoms with Crippen LogP contribution in [-0.4, -0.2) is 15.1 Å². The van der Waals surface area contributed by atoms with Gasteiger partial charge in [0.1, 0.15) is 16.6 Å². The fourth-order valence-electron chi connectivity index (χ4n) is 2.50. The van der Waals surface area contributed by atoms with E-state index in [-0.39, 0.29) is 11.3 Å². The fraction of sp³-hybridized carbons (Fsp3) is 0. The molecule has 4 aromatic rings. The second-order valence-corrected chi connectivity index (χ2v) is 6.99. The number of thiophene rings is 2. The van der Waals surface area contributed by atoms with Crippen LogP contribution >= 0.6 is 22.7 Å². The highest BCUT2D eigenvalue weighted by atomic mass is 32.1. The molecule has 0 aliphatic rings. The highest BCUT2D eigenvalue weighted by Gasteiger charge is 2.18. The van der Waals surface area contributed by atoms with Gasteiger partial charge in [0, 0.05) is 22.0 Å². The van der Waals surface area contributed by atoms with Crippen molar-refractivity contribution < 1.29 is 5.11 Å². The number of aromatic nitrogens is 2. The van der Waals surface area contributed by atoms with Crippen molar-refractivity contribution in [3.8, 4) is 32.8 Å². The highest BCUT2D eigenvalue weighted by molar-refractivity contribution is 7.20. The van der Waals surface area contributed by atoms with Crippen molar-refractivity contribution in [2.24, 2.45) is 0 Å². The van der Waals surface area contributed by atoms with Crippen LogP contribution in [0.5, 0.6) is 5.75 Å². The maximum atomic E-state index is 11.8. The third kappa shape index (κ3) is 2.21. The Morgan fingerprint density at radius 2 is 2.04 bits per heavy atom. The van der Waals surface area contributed by atoms with Gasteiger partial charge in [-0.05, 0) is 24.3 Å². The molecule has 0 saturated heterocycles. The number of hydrogen-bond acceptors (Lipinski definition) is 6. The topological polar surface area (TPSA) is 89.8 Å². The molecule has 5 nitrogen and oxygen atoms in total. The molecule has 24 heavy (non-hydrogen) atoms. The maximum Gasteiger partial charge on any atom is 0.270 e. The van der Waals surface area contributed by atoms with E-state index in [1.165, 1.54) is 11.3 Å². The standard InChI is InChI=1S/C17H9N3O2S2/c18-7-9-15(21)14-10(8-23-17(14)20-16(9)22)12-4-5-13(24-12)11-3-1-2-6-19-11/h1-6,8H,(H2,20,21,22). The zero-order chi connectivity index (χ0) is 16.7. The van der Waals surface area contributed by atoms with E-state index in [1.807, 2.05) is 35.7 Å². The predicted molar refractivity (Wildman–Crippen MR) is 95.4 cm³/mol. The van der Waals surface area contributed by atoms with E-state index in [1.54, 1.807) is 23.6 Å². The zero-order valence-corrected chi connectivity index (χ0v) is 13.7. The summed E-state index contributed by atoms with van der Waals surface area (Å²) in [7, 11) is 0. The molecular weight excluding hydrogens is 342 g/mol. The Labute approximate surface area is 144 Å². The summed E-state index contributed by atoms with van der Waals surface area (Å²) >= 11 is 2.87. The quantitative estimate of drug-likeness (QED) is 0.572. The van der Waals surface area contributed by atoms with Crippen molar-refractivity contribution >= 4 is 32.9 Å². The minimum atomic E-state index is -0.573. The monoisotopic (exact) mass is 351 g/mol. The number of aromatic amines is 1. The van der Waals surface area contributed by atoms with Crippen molar-refractivity contribution in [2.45, 2.75) is 0 Å². The van der Waals surface area contributed by atoms with E-state index in [2.05, 4.69) is 9.97 Å². The van der Waals surface area contributed by atoms with Crippen molar-refractivity contribution in [1.29, 1.82) is 5.26 Å². The molecule has 0 aliphatic heterocycles. The van der Waals surface area contributed by atoms with Gasteiger partial charge in [-0.2, -0.15) is 5.26 Å². The number of nitrogens with zero attached hydrogens (tertiary/aromatic N) is 2. The van der Waals surface area contributed by atoms with E-state index in [0.29, 0.717) is 10.2 Å². The summed E-state index contributed by atoms with van der Waals surface area (Å²) in [4.78, 5) is 21.3. The minimum absolute atomic E-state index is 0.261. The second kappa shape index (κ2) is 5.60. The molecular formula is C17H9N3O2S2. The van der Waals surface area contributed by atoms with Crippen molar-refractivity contribution in [3.05, 3.63) is 57.8 Å². The van der Waals surface area contributed by atoms with Crippen LogP contribution < -0.4 is 5.56 Å². The van der Waals surface area contributed by atoms with Gasteiger partial charge >= 0.3 is 0 Å². The number of fused-ring (bicyclic) bond motifs is 1. The smallest absolute Gasteiger partial charge is 0.270 e. The van der Waals surface area contributed by atoms with Gasteiger partial charge < -0.3 is 10.1 Å². The van der Waals surface area contributed by atoms with E-state index in [9.17, 15) is 9.90 Å². The zero-order valence-electron chi connectivity index (χ0n) is 12.1. The molecule has 0 aliphatic carbocycles.